The molecule has 0 bridgehead atoms. The molecule has 1 aliphatic rings. The molecule has 5 heteroatoms. The zero-order chi connectivity index (χ0) is 16.1. The average molecular weight is 308 g/mol. The van der Waals surface area contributed by atoms with Gasteiger partial charge >= 0.3 is 0 Å². The number of anilines is 2. The van der Waals surface area contributed by atoms with Crippen LogP contribution in [0, 0.1) is 20.8 Å². The highest BCUT2D eigenvalue weighted by Crippen LogP contribution is 2.40. The summed E-state index contributed by atoms with van der Waals surface area (Å²) < 4.78 is 5.40. The van der Waals surface area contributed by atoms with Crippen molar-refractivity contribution in [2.75, 3.05) is 18.6 Å². The van der Waals surface area contributed by atoms with Gasteiger partial charge < -0.3 is 14.6 Å². The number of aryl methyl sites for hydroxylation is 3. The van der Waals surface area contributed by atoms with Crippen LogP contribution >= 0.6 is 0 Å². The van der Waals surface area contributed by atoms with Crippen LogP contribution in [-0.4, -0.2) is 28.6 Å². The van der Waals surface area contributed by atoms with Gasteiger partial charge in [-0.15, -0.1) is 0 Å². The Hall–Kier alpha value is -2.56. The van der Waals surface area contributed by atoms with Crippen molar-refractivity contribution in [1.82, 2.24) is 15.0 Å². The van der Waals surface area contributed by atoms with Crippen LogP contribution in [0.1, 0.15) is 22.6 Å². The van der Waals surface area contributed by atoms with Crippen LogP contribution in [-0.2, 0) is 6.42 Å². The fourth-order valence-corrected chi connectivity index (χ4v) is 3.50. The molecule has 0 amide bonds. The lowest BCUT2D eigenvalue weighted by molar-refractivity contribution is 0.414. The van der Waals surface area contributed by atoms with Gasteiger partial charge in [-0.3, -0.25) is 0 Å². The van der Waals surface area contributed by atoms with E-state index in [4.69, 9.17) is 9.72 Å². The fraction of sp³-hybridized carbons (Fsp3) is 0.333. The molecular formula is C18H20N4O. The first-order valence-electron chi connectivity index (χ1n) is 7.86. The first-order chi connectivity index (χ1) is 11.1. The van der Waals surface area contributed by atoms with Gasteiger partial charge in [0.05, 0.1) is 12.6 Å². The molecule has 1 N–H and O–H groups in total. The lowest BCUT2D eigenvalue weighted by Crippen LogP contribution is -2.17. The van der Waals surface area contributed by atoms with E-state index in [1.54, 1.807) is 7.11 Å². The third-order valence-electron chi connectivity index (χ3n) is 4.42. The predicted octanol–water partition coefficient (Wildman–Crippen LogP) is 3.59. The van der Waals surface area contributed by atoms with Gasteiger partial charge in [0.25, 0.3) is 0 Å². The Kier molecular flexibility index (Phi) is 3.04. The lowest BCUT2D eigenvalue weighted by atomic mass is 10.1. The Morgan fingerprint density at radius 3 is 2.74 bits per heavy atom. The number of ether oxygens (including phenoxy) is 1. The standard InChI is InChI=1S/C18H20N4O/c1-10-7-14(23-4)9-13-5-6-22(17(10)13)18-16-15(8-11(2)19-16)20-12(3)21-18/h7-9,19H,5-6H2,1-4H3. The summed E-state index contributed by atoms with van der Waals surface area (Å²) in [6.45, 7) is 7.05. The SMILES string of the molecule is COc1cc(C)c2c(c1)CCN2c1nc(C)nc2cc(C)[nH]c12. The first kappa shape index (κ1) is 14.1. The normalized spacial score (nSPS) is 13.7. The van der Waals surface area contributed by atoms with Crippen LogP contribution in [0.3, 0.4) is 0 Å². The number of methoxy groups -OCH3 is 1. The number of hydrogen-bond donors (Lipinski definition) is 1. The maximum atomic E-state index is 5.40. The third-order valence-corrected chi connectivity index (χ3v) is 4.42. The van der Waals surface area contributed by atoms with Gasteiger partial charge in [-0.1, -0.05) is 0 Å². The van der Waals surface area contributed by atoms with Crippen LogP contribution in [0.15, 0.2) is 18.2 Å². The molecule has 1 aromatic carbocycles. The van der Waals surface area contributed by atoms with Crippen molar-refractivity contribution in [1.29, 1.82) is 0 Å². The molecule has 1 aliphatic heterocycles. The van der Waals surface area contributed by atoms with Crippen LogP contribution in [0.4, 0.5) is 11.5 Å². The van der Waals surface area contributed by atoms with Gasteiger partial charge in [0.2, 0.25) is 0 Å². The molecule has 118 valence electrons. The Balaban J connectivity index is 1.92. The molecular weight excluding hydrogens is 288 g/mol. The smallest absolute Gasteiger partial charge is 0.161 e. The molecule has 3 aromatic rings. The van der Waals surface area contributed by atoms with E-state index >= 15 is 0 Å². The van der Waals surface area contributed by atoms with Crippen molar-refractivity contribution in [3.8, 4) is 5.75 Å². The Bertz CT molecular complexity index is 913. The average Bonchev–Trinajstić information content (AvgIpc) is 3.09. The van der Waals surface area contributed by atoms with Crippen molar-refractivity contribution in [2.45, 2.75) is 27.2 Å². The number of benzene rings is 1. The first-order valence-corrected chi connectivity index (χ1v) is 7.86. The fourth-order valence-electron chi connectivity index (χ4n) is 3.50. The van der Waals surface area contributed by atoms with Crippen molar-refractivity contribution < 1.29 is 4.74 Å². The number of hydrogen-bond acceptors (Lipinski definition) is 4. The number of rotatable bonds is 2. The van der Waals surface area contributed by atoms with Crippen molar-refractivity contribution in [3.63, 3.8) is 0 Å². The predicted molar refractivity (Wildman–Crippen MR) is 91.8 cm³/mol. The molecule has 0 saturated heterocycles. The highest BCUT2D eigenvalue weighted by Gasteiger charge is 2.26. The zero-order valence-electron chi connectivity index (χ0n) is 13.9. The highest BCUT2D eigenvalue weighted by molar-refractivity contribution is 5.91. The molecule has 0 unspecified atom stereocenters. The summed E-state index contributed by atoms with van der Waals surface area (Å²) in [5.74, 6) is 2.68. The Morgan fingerprint density at radius 1 is 1.13 bits per heavy atom. The van der Waals surface area contributed by atoms with Crippen LogP contribution < -0.4 is 9.64 Å². The molecule has 23 heavy (non-hydrogen) atoms. The van der Waals surface area contributed by atoms with Crippen molar-refractivity contribution in [2.24, 2.45) is 0 Å². The monoisotopic (exact) mass is 308 g/mol. The second-order valence-electron chi connectivity index (χ2n) is 6.16. The number of H-pyrrole nitrogens is 1. The molecule has 0 radical (unpaired) electrons. The highest BCUT2D eigenvalue weighted by atomic mass is 16.5. The van der Waals surface area contributed by atoms with Crippen LogP contribution in [0.5, 0.6) is 5.75 Å². The van der Waals surface area contributed by atoms with E-state index in [1.807, 2.05) is 6.92 Å². The van der Waals surface area contributed by atoms with E-state index in [9.17, 15) is 0 Å². The van der Waals surface area contributed by atoms with Crippen LogP contribution in [0.25, 0.3) is 11.0 Å². The molecule has 5 nitrogen and oxygen atoms in total. The molecule has 0 spiro atoms. The summed E-state index contributed by atoms with van der Waals surface area (Å²) >= 11 is 0. The quantitative estimate of drug-likeness (QED) is 0.786. The summed E-state index contributed by atoms with van der Waals surface area (Å²) in [5.41, 5.74) is 6.87. The number of aromatic nitrogens is 3. The minimum Gasteiger partial charge on any atom is -0.497 e. The molecule has 2 aromatic heterocycles. The minimum atomic E-state index is 0.797. The van der Waals surface area contributed by atoms with Gasteiger partial charge in [-0.05, 0) is 56.5 Å². The summed E-state index contributed by atoms with van der Waals surface area (Å²) in [7, 11) is 1.72. The largest absolute Gasteiger partial charge is 0.497 e. The summed E-state index contributed by atoms with van der Waals surface area (Å²) in [4.78, 5) is 15.0. The third kappa shape index (κ3) is 2.15. The van der Waals surface area contributed by atoms with E-state index in [0.29, 0.717) is 0 Å². The number of fused-ring (bicyclic) bond motifs is 2. The molecule has 0 aliphatic carbocycles. The second-order valence-corrected chi connectivity index (χ2v) is 6.16. The van der Waals surface area contributed by atoms with Gasteiger partial charge in [-0.2, -0.15) is 0 Å². The van der Waals surface area contributed by atoms with E-state index in [1.165, 1.54) is 16.8 Å². The molecule has 0 atom stereocenters. The van der Waals surface area contributed by atoms with Gasteiger partial charge in [0.1, 0.15) is 17.1 Å². The van der Waals surface area contributed by atoms with Gasteiger partial charge in [0.15, 0.2) is 5.82 Å². The molecule has 3 heterocycles. The van der Waals surface area contributed by atoms with Gasteiger partial charge in [0, 0.05) is 17.9 Å². The summed E-state index contributed by atoms with van der Waals surface area (Å²) in [5, 5.41) is 0. The van der Waals surface area contributed by atoms with Gasteiger partial charge in [-0.25, -0.2) is 9.97 Å². The van der Waals surface area contributed by atoms with E-state index in [2.05, 4.69) is 46.9 Å². The van der Waals surface area contributed by atoms with E-state index < -0.39 is 0 Å². The number of aromatic amines is 1. The Morgan fingerprint density at radius 2 is 1.96 bits per heavy atom. The van der Waals surface area contributed by atoms with Crippen molar-refractivity contribution >= 4 is 22.5 Å². The lowest BCUT2D eigenvalue weighted by Gasteiger charge is -2.21. The van der Waals surface area contributed by atoms with E-state index in [-0.39, 0.29) is 0 Å². The molecule has 0 saturated carbocycles. The molecule has 4 rings (SSSR count). The Labute approximate surface area is 135 Å². The van der Waals surface area contributed by atoms with Crippen molar-refractivity contribution in [3.05, 3.63) is 40.8 Å². The maximum absolute atomic E-state index is 5.40. The topological polar surface area (TPSA) is 54.0 Å². The number of nitrogens with one attached hydrogen (secondary N) is 1. The minimum absolute atomic E-state index is 0.797. The number of nitrogens with zero attached hydrogens (tertiary/aromatic N) is 3. The molecule has 0 fully saturated rings. The zero-order valence-corrected chi connectivity index (χ0v) is 13.9. The maximum Gasteiger partial charge on any atom is 0.161 e. The summed E-state index contributed by atoms with van der Waals surface area (Å²) in [6, 6.07) is 6.29. The second kappa shape index (κ2) is 4.98. The van der Waals surface area contributed by atoms with Crippen LogP contribution in [0.2, 0.25) is 0 Å². The van der Waals surface area contributed by atoms with E-state index in [0.717, 1.165) is 47.1 Å². The summed E-state index contributed by atoms with van der Waals surface area (Å²) in [6.07, 6.45) is 0.998.